The highest BCUT2D eigenvalue weighted by molar-refractivity contribution is 9.10. The van der Waals surface area contributed by atoms with Crippen molar-refractivity contribution in [2.24, 2.45) is 0 Å². The summed E-state index contributed by atoms with van der Waals surface area (Å²) in [4.78, 5) is 0. The lowest BCUT2D eigenvalue weighted by Crippen LogP contribution is -2.30. The van der Waals surface area contributed by atoms with Crippen molar-refractivity contribution in [1.82, 2.24) is 5.32 Å². The Hall–Kier alpha value is -0.130. The number of hydrogen-bond donors (Lipinski definition) is 1. The molecule has 1 N–H and O–H groups in total. The molecule has 0 aromatic heterocycles. The van der Waals surface area contributed by atoms with Crippen LogP contribution in [0.3, 0.4) is 0 Å². The molecule has 100 valence electrons. The highest BCUT2D eigenvalue weighted by Gasteiger charge is 2.32. The Morgan fingerprint density at radius 2 is 2.28 bits per heavy atom. The zero-order valence-electron chi connectivity index (χ0n) is 10.5. The Labute approximate surface area is 121 Å². The zero-order chi connectivity index (χ0) is 13.2. The van der Waals surface area contributed by atoms with Crippen LogP contribution in [0, 0.1) is 0 Å². The normalized spacial score (nSPS) is 22.3. The van der Waals surface area contributed by atoms with Gasteiger partial charge < -0.3 is 14.8 Å². The van der Waals surface area contributed by atoms with Crippen LogP contribution in [-0.4, -0.2) is 25.0 Å². The molecule has 1 aliphatic heterocycles. The van der Waals surface area contributed by atoms with Crippen molar-refractivity contribution in [2.45, 2.75) is 32.3 Å². The van der Waals surface area contributed by atoms with Crippen LogP contribution in [0.4, 0.5) is 0 Å². The molecule has 0 bridgehead atoms. The van der Waals surface area contributed by atoms with Gasteiger partial charge in [0.1, 0.15) is 0 Å². The minimum absolute atomic E-state index is 0.121. The molecule has 1 unspecified atom stereocenters. The van der Waals surface area contributed by atoms with Crippen molar-refractivity contribution in [3.63, 3.8) is 0 Å². The first-order chi connectivity index (χ1) is 8.46. The van der Waals surface area contributed by atoms with E-state index < -0.39 is 5.79 Å². The molecular weight excluding hydrogens is 318 g/mol. The lowest BCUT2D eigenvalue weighted by molar-refractivity contribution is -0.137. The number of halogens is 2. The van der Waals surface area contributed by atoms with Crippen molar-refractivity contribution in [1.29, 1.82) is 0 Å². The van der Waals surface area contributed by atoms with Crippen LogP contribution in [-0.2, 0) is 16.0 Å². The first-order valence-corrected chi connectivity index (χ1v) is 7.10. The maximum Gasteiger partial charge on any atom is 0.163 e. The van der Waals surface area contributed by atoms with Gasteiger partial charge in [-0.1, -0.05) is 17.7 Å². The van der Waals surface area contributed by atoms with Gasteiger partial charge in [-0.15, -0.1) is 0 Å². The predicted octanol–water partition coefficient (Wildman–Crippen LogP) is 3.34. The Bertz CT molecular complexity index is 425. The van der Waals surface area contributed by atoms with Crippen molar-refractivity contribution in [2.75, 3.05) is 13.2 Å². The Morgan fingerprint density at radius 1 is 1.50 bits per heavy atom. The van der Waals surface area contributed by atoms with E-state index in [1.54, 1.807) is 0 Å². The fourth-order valence-electron chi connectivity index (χ4n) is 1.89. The van der Waals surface area contributed by atoms with Crippen LogP contribution in [0.25, 0.3) is 0 Å². The second kappa shape index (κ2) is 5.88. The molecule has 5 heteroatoms. The van der Waals surface area contributed by atoms with Crippen LogP contribution >= 0.6 is 27.5 Å². The molecule has 0 spiro atoms. The lowest BCUT2D eigenvalue weighted by atomic mass is 10.2. The van der Waals surface area contributed by atoms with Crippen LogP contribution in [0.15, 0.2) is 22.7 Å². The van der Waals surface area contributed by atoms with Gasteiger partial charge in [0.2, 0.25) is 0 Å². The summed E-state index contributed by atoms with van der Waals surface area (Å²) in [6, 6.07) is 5.92. The van der Waals surface area contributed by atoms with Crippen molar-refractivity contribution >= 4 is 27.5 Å². The second-order valence-corrected chi connectivity index (χ2v) is 6.09. The summed E-state index contributed by atoms with van der Waals surface area (Å²) in [5, 5.41) is 4.09. The van der Waals surface area contributed by atoms with Crippen molar-refractivity contribution in [3.05, 3.63) is 33.3 Å². The molecule has 0 aliphatic carbocycles. The summed E-state index contributed by atoms with van der Waals surface area (Å²) in [5.41, 5.74) is 1.18. The van der Waals surface area contributed by atoms with Crippen LogP contribution in [0.5, 0.6) is 0 Å². The van der Waals surface area contributed by atoms with Gasteiger partial charge in [0.25, 0.3) is 0 Å². The largest absolute Gasteiger partial charge is 0.348 e. The van der Waals surface area contributed by atoms with Gasteiger partial charge in [0.15, 0.2) is 5.79 Å². The zero-order valence-corrected chi connectivity index (χ0v) is 12.8. The third-order valence-electron chi connectivity index (χ3n) is 2.75. The van der Waals surface area contributed by atoms with Gasteiger partial charge in [0.05, 0.1) is 17.7 Å². The molecular formula is C13H17BrClNO2. The highest BCUT2D eigenvalue weighted by Crippen LogP contribution is 2.24. The van der Waals surface area contributed by atoms with Gasteiger partial charge >= 0.3 is 0 Å². The van der Waals surface area contributed by atoms with E-state index in [0.29, 0.717) is 6.61 Å². The van der Waals surface area contributed by atoms with Gasteiger partial charge in [-0.3, -0.25) is 0 Å². The fraction of sp³-hybridized carbons (Fsp3) is 0.538. The summed E-state index contributed by atoms with van der Waals surface area (Å²) in [5.74, 6) is -0.449. The van der Waals surface area contributed by atoms with Crippen LogP contribution in [0.2, 0.25) is 5.02 Å². The van der Waals surface area contributed by atoms with E-state index in [9.17, 15) is 0 Å². The maximum atomic E-state index is 5.95. The minimum Gasteiger partial charge on any atom is -0.348 e. The standard InChI is InChI=1S/C13H17BrClNO2/c1-13(2)17-8-10(18-13)7-16-6-9-3-4-12(15)11(14)5-9/h3-5,10,16H,6-8H2,1-2H3. The Kier molecular flexibility index (Phi) is 4.67. The SMILES string of the molecule is CC1(C)OCC(CNCc2ccc(Cl)c(Br)c2)O1. The molecule has 0 amide bonds. The van der Waals surface area contributed by atoms with Crippen LogP contribution < -0.4 is 5.32 Å². The third kappa shape index (κ3) is 3.93. The van der Waals surface area contributed by atoms with Crippen molar-refractivity contribution < 1.29 is 9.47 Å². The molecule has 1 saturated heterocycles. The number of hydrogen-bond acceptors (Lipinski definition) is 3. The van der Waals surface area contributed by atoms with E-state index >= 15 is 0 Å². The smallest absolute Gasteiger partial charge is 0.163 e. The maximum absolute atomic E-state index is 5.95. The Balaban J connectivity index is 1.77. The number of nitrogens with one attached hydrogen (secondary N) is 1. The minimum atomic E-state index is -0.449. The van der Waals surface area contributed by atoms with E-state index in [4.69, 9.17) is 21.1 Å². The summed E-state index contributed by atoms with van der Waals surface area (Å²) in [6.45, 7) is 6.08. The average Bonchev–Trinajstić information content (AvgIpc) is 2.63. The summed E-state index contributed by atoms with van der Waals surface area (Å²) in [6.07, 6.45) is 0.121. The van der Waals surface area contributed by atoms with E-state index in [1.165, 1.54) is 5.56 Å². The predicted molar refractivity (Wildman–Crippen MR) is 75.8 cm³/mol. The molecule has 2 rings (SSSR count). The molecule has 1 aliphatic rings. The molecule has 1 aromatic carbocycles. The van der Waals surface area contributed by atoms with E-state index in [2.05, 4.69) is 21.2 Å². The number of rotatable bonds is 4. The molecule has 1 aromatic rings. The Morgan fingerprint density at radius 3 is 2.89 bits per heavy atom. The monoisotopic (exact) mass is 333 g/mol. The van der Waals surface area contributed by atoms with E-state index in [1.807, 2.05) is 32.0 Å². The van der Waals surface area contributed by atoms with E-state index in [0.717, 1.165) is 22.6 Å². The lowest BCUT2D eigenvalue weighted by Gasteiger charge is -2.17. The number of ether oxygens (including phenoxy) is 2. The van der Waals surface area contributed by atoms with Gasteiger partial charge in [-0.05, 0) is 47.5 Å². The van der Waals surface area contributed by atoms with Crippen LogP contribution in [0.1, 0.15) is 19.4 Å². The summed E-state index contributed by atoms with van der Waals surface area (Å²) < 4.78 is 12.1. The average molecular weight is 335 g/mol. The quantitative estimate of drug-likeness (QED) is 0.916. The first kappa shape index (κ1) is 14.3. The van der Waals surface area contributed by atoms with E-state index in [-0.39, 0.29) is 6.10 Å². The molecule has 0 saturated carbocycles. The summed E-state index contributed by atoms with van der Waals surface area (Å²) in [7, 11) is 0. The molecule has 3 nitrogen and oxygen atoms in total. The molecule has 18 heavy (non-hydrogen) atoms. The van der Waals surface area contributed by atoms with Gasteiger partial charge in [-0.2, -0.15) is 0 Å². The molecule has 1 fully saturated rings. The fourth-order valence-corrected chi connectivity index (χ4v) is 2.43. The second-order valence-electron chi connectivity index (χ2n) is 4.83. The van der Waals surface area contributed by atoms with Gasteiger partial charge in [-0.25, -0.2) is 0 Å². The summed E-state index contributed by atoms with van der Waals surface area (Å²) >= 11 is 9.36. The highest BCUT2D eigenvalue weighted by atomic mass is 79.9. The topological polar surface area (TPSA) is 30.5 Å². The third-order valence-corrected chi connectivity index (χ3v) is 3.97. The number of benzene rings is 1. The van der Waals surface area contributed by atoms with Gasteiger partial charge in [0, 0.05) is 17.6 Å². The first-order valence-electron chi connectivity index (χ1n) is 5.93. The van der Waals surface area contributed by atoms with Crippen molar-refractivity contribution in [3.8, 4) is 0 Å². The molecule has 1 heterocycles. The molecule has 0 radical (unpaired) electrons. The molecule has 1 atom stereocenters.